The molecule has 0 radical (unpaired) electrons. The number of hydrogen-bond donors (Lipinski definition) is 1. The van der Waals surface area contributed by atoms with Crippen molar-refractivity contribution in [2.75, 3.05) is 13.6 Å². The maximum Gasteiger partial charge on any atom is 0.111 e. The lowest BCUT2D eigenvalue weighted by atomic mass is 9.80. The van der Waals surface area contributed by atoms with Crippen molar-refractivity contribution >= 4 is 0 Å². The summed E-state index contributed by atoms with van der Waals surface area (Å²) in [7, 11) is 2.02. The van der Waals surface area contributed by atoms with Gasteiger partial charge in [-0.25, -0.2) is 0 Å². The van der Waals surface area contributed by atoms with Crippen molar-refractivity contribution in [3.8, 4) is 0 Å². The first-order valence-corrected chi connectivity index (χ1v) is 6.02. The number of aryl methyl sites for hydroxylation is 2. The van der Waals surface area contributed by atoms with E-state index in [1.807, 2.05) is 7.05 Å². The number of furan rings is 1. The van der Waals surface area contributed by atoms with Crippen LogP contribution in [0.2, 0.25) is 0 Å². The normalized spacial score (nSPS) is 25.3. The van der Waals surface area contributed by atoms with Crippen LogP contribution in [0.5, 0.6) is 0 Å². The third-order valence-electron chi connectivity index (χ3n) is 3.56. The number of rotatable bonds is 3. The van der Waals surface area contributed by atoms with Gasteiger partial charge in [0, 0.05) is 18.9 Å². The largest absolute Gasteiger partial charge is 0.465 e. The molecule has 2 heteroatoms. The molecule has 2 unspecified atom stereocenters. The monoisotopic (exact) mass is 207 g/mol. The van der Waals surface area contributed by atoms with Crippen LogP contribution < -0.4 is 5.32 Å². The molecular formula is C13H21NO. The molecule has 0 bridgehead atoms. The average molecular weight is 207 g/mol. The van der Waals surface area contributed by atoms with Gasteiger partial charge in [0.15, 0.2) is 0 Å². The van der Waals surface area contributed by atoms with E-state index in [0.29, 0.717) is 5.92 Å². The van der Waals surface area contributed by atoms with E-state index in [2.05, 4.69) is 25.2 Å². The fourth-order valence-electron chi connectivity index (χ4n) is 2.54. The molecule has 15 heavy (non-hydrogen) atoms. The van der Waals surface area contributed by atoms with Crippen LogP contribution in [-0.4, -0.2) is 13.6 Å². The first-order valence-electron chi connectivity index (χ1n) is 6.02. The molecule has 0 spiro atoms. The third-order valence-corrected chi connectivity index (χ3v) is 3.56. The highest BCUT2D eigenvalue weighted by molar-refractivity contribution is 5.28. The molecule has 1 aliphatic rings. The fraction of sp³-hybridized carbons (Fsp3) is 0.692. The molecule has 0 aromatic carbocycles. The van der Waals surface area contributed by atoms with Crippen molar-refractivity contribution in [1.29, 1.82) is 0 Å². The maximum atomic E-state index is 5.95. The van der Waals surface area contributed by atoms with E-state index in [0.717, 1.165) is 24.6 Å². The van der Waals surface area contributed by atoms with E-state index in [4.69, 9.17) is 4.42 Å². The quantitative estimate of drug-likeness (QED) is 0.824. The Balaban J connectivity index is 2.29. The Morgan fingerprint density at radius 2 is 2.33 bits per heavy atom. The van der Waals surface area contributed by atoms with Crippen LogP contribution >= 0.6 is 0 Å². The van der Waals surface area contributed by atoms with Gasteiger partial charge in [-0.1, -0.05) is 13.8 Å². The van der Waals surface area contributed by atoms with E-state index < -0.39 is 0 Å². The van der Waals surface area contributed by atoms with Crippen LogP contribution in [0.15, 0.2) is 10.5 Å². The summed E-state index contributed by atoms with van der Waals surface area (Å²) >= 11 is 0. The van der Waals surface area contributed by atoms with Crippen LogP contribution in [0.1, 0.15) is 43.3 Å². The minimum absolute atomic E-state index is 0.569. The Hall–Kier alpha value is -0.760. The predicted octanol–water partition coefficient (Wildman–Crippen LogP) is 2.73. The van der Waals surface area contributed by atoms with E-state index in [1.54, 1.807) is 0 Å². The van der Waals surface area contributed by atoms with Crippen molar-refractivity contribution < 1.29 is 4.42 Å². The summed E-state index contributed by atoms with van der Waals surface area (Å²) in [6.07, 6.45) is 3.50. The first kappa shape index (κ1) is 10.7. The Bertz CT molecular complexity index is 329. The lowest BCUT2D eigenvalue weighted by Gasteiger charge is -2.27. The fourth-order valence-corrected chi connectivity index (χ4v) is 2.54. The maximum absolute atomic E-state index is 5.95. The molecule has 1 aromatic rings. The van der Waals surface area contributed by atoms with E-state index >= 15 is 0 Å². The zero-order valence-corrected chi connectivity index (χ0v) is 9.97. The second-order valence-corrected chi connectivity index (χ2v) is 4.64. The molecule has 84 valence electrons. The Morgan fingerprint density at radius 1 is 1.53 bits per heavy atom. The number of nitrogens with one attached hydrogen (secondary N) is 1. The summed E-state index contributed by atoms with van der Waals surface area (Å²) in [5.41, 5.74) is 1.45. The Kier molecular flexibility index (Phi) is 3.15. The van der Waals surface area contributed by atoms with Gasteiger partial charge in [0.25, 0.3) is 0 Å². The van der Waals surface area contributed by atoms with Crippen molar-refractivity contribution in [2.45, 2.75) is 39.0 Å². The zero-order chi connectivity index (χ0) is 10.8. The smallest absolute Gasteiger partial charge is 0.111 e. The van der Waals surface area contributed by atoms with Crippen molar-refractivity contribution in [3.63, 3.8) is 0 Å². The van der Waals surface area contributed by atoms with E-state index in [9.17, 15) is 0 Å². The van der Waals surface area contributed by atoms with Gasteiger partial charge >= 0.3 is 0 Å². The third kappa shape index (κ3) is 1.96. The van der Waals surface area contributed by atoms with Crippen molar-refractivity contribution in [1.82, 2.24) is 5.32 Å². The highest BCUT2D eigenvalue weighted by Crippen LogP contribution is 2.37. The van der Waals surface area contributed by atoms with Gasteiger partial charge < -0.3 is 9.73 Å². The second kappa shape index (κ2) is 4.40. The second-order valence-electron chi connectivity index (χ2n) is 4.64. The highest BCUT2D eigenvalue weighted by Gasteiger charge is 2.29. The highest BCUT2D eigenvalue weighted by atomic mass is 16.3. The lowest BCUT2D eigenvalue weighted by Crippen LogP contribution is -2.26. The Morgan fingerprint density at radius 3 is 3.00 bits per heavy atom. The summed E-state index contributed by atoms with van der Waals surface area (Å²) < 4.78 is 5.95. The number of hydrogen-bond acceptors (Lipinski definition) is 2. The predicted molar refractivity (Wildman–Crippen MR) is 62.2 cm³/mol. The molecule has 0 saturated carbocycles. The molecule has 0 saturated heterocycles. The SMILES string of the molecule is CCc1cc2c(o1)C(CNC)C(C)CC2. The van der Waals surface area contributed by atoms with Gasteiger partial charge in [0.05, 0.1) is 0 Å². The summed E-state index contributed by atoms with van der Waals surface area (Å²) in [5, 5.41) is 3.28. The lowest BCUT2D eigenvalue weighted by molar-refractivity contribution is 0.322. The number of fused-ring (bicyclic) bond motifs is 1. The molecular weight excluding hydrogens is 186 g/mol. The minimum Gasteiger partial charge on any atom is -0.465 e. The van der Waals surface area contributed by atoms with E-state index in [1.165, 1.54) is 24.2 Å². The number of likely N-dealkylation sites (N-methyl/N-ethyl adjacent to an activating group) is 1. The molecule has 0 amide bonds. The first-order chi connectivity index (χ1) is 7.26. The van der Waals surface area contributed by atoms with Gasteiger partial charge in [-0.3, -0.25) is 0 Å². The molecule has 2 nitrogen and oxygen atoms in total. The zero-order valence-electron chi connectivity index (χ0n) is 9.97. The van der Waals surface area contributed by atoms with Gasteiger partial charge in [-0.05, 0) is 37.4 Å². The molecule has 0 fully saturated rings. The van der Waals surface area contributed by atoms with Crippen LogP contribution in [-0.2, 0) is 12.8 Å². The molecule has 0 aliphatic heterocycles. The molecule has 1 heterocycles. The van der Waals surface area contributed by atoms with Crippen LogP contribution in [0.4, 0.5) is 0 Å². The summed E-state index contributed by atoms with van der Waals surface area (Å²) in [6, 6.07) is 2.25. The summed E-state index contributed by atoms with van der Waals surface area (Å²) in [4.78, 5) is 0. The molecule has 2 rings (SSSR count). The van der Waals surface area contributed by atoms with Gasteiger partial charge in [0.1, 0.15) is 11.5 Å². The molecule has 1 aromatic heterocycles. The average Bonchev–Trinajstić information content (AvgIpc) is 2.66. The van der Waals surface area contributed by atoms with E-state index in [-0.39, 0.29) is 0 Å². The standard InChI is InChI=1S/C13H21NO/c1-4-11-7-10-6-5-9(2)12(8-14-3)13(10)15-11/h7,9,12,14H,4-6,8H2,1-3H3. The van der Waals surface area contributed by atoms with Gasteiger partial charge in [-0.2, -0.15) is 0 Å². The Labute approximate surface area is 92.1 Å². The van der Waals surface area contributed by atoms with Crippen molar-refractivity contribution in [2.24, 2.45) is 5.92 Å². The van der Waals surface area contributed by atoms with Gasteiger partial charge in [-0.15, -0.1) is 0 Å². The van der Waals surface area contributed by atoms with Gasteiger partial charge in [0.2, 0.25) is 0 Å². The van der Waals surface area contributed by atoms with Crippen molar-refractivity contribution in [3.05, 3.63) is 23.2 Å². The van der Waals surface area contributed by atoms with Crippen LogP contribution in [0, 0.1) is 5.92 Å². The topological polar surface area (TPSA) is 25.2 Å². The van der Waals surface area contributed by atoms with Crippen LogP contribution in [0.3, 0.4) is 0 Å². The summed E-state index contributed by atoms with van der Waals surface area (Å²) in [6.45, 7) is 5.52. The summed E-state index contributed by atoms with van der Waals surface area (Å²) in [5.74, 6) is 3.70. The molecule has 1 N–H and O–H groups in total. The molecule has 2 atom stereocenters. The minimum atomic E-state index is 0.569. The van der Waals surface area contributed by atoms with Crippen LogP contribution in [0.25, 0.3) is 0 Å². The molecule has 1 aliphatic carbocycles.